The summed E-state index contributed by atoms with van der Waals surface area (Å²) in [4.78, 5) is 4.42. The first kappa shape index (κ1) is 7.19. The topological polar surface area (TPSA) is 6.48 Å². The molecule has 1 rings (SSSR count). The summed E-state index contributed by atoms with van der Waals surface area (Å²) in [6.45, 7) is 5.79. The Balaban J connectivity index is 2.19. The summed E-state index contributed by atoms with van der Waals surface area (Å²) in [7, 11) is 2.07. The maximum Gasteiger partial charge on any atom is 0.0890 e. The third-order valence-corrected chi connectivity index (χ3v) is 1.56. The van der Waals surface area contributed by atoms with Gasteiger partial charge in [0.1, 0.15) is 0 Å². The number of nitrogens with zero attached hydrogens (tertiary/aromatic N) is 2. The summed E-state index contributed by atoms with van der Waals surface area (Å²) in [5.74, 6) is 0. The molecule has 56 valence electrons. The quantitative estimate of drug-likeness (QED) is 0.541. The van der Waals surface area contributed by atoms with Crippen molar-refractivity contribution in [2.75, 3.05) is 20.3 Å². The van der Waals surface area contributed by atoms with Gasteiger partial charge in [-0.1, -0.05) is 6.08 Å². The van der Waals surface area contributed by atoms with Crippen LogP contribution in [0.1, 0.15) is 6.42 Å². The van der Waals surface area contributed by atoms with Crippen molar-refractivity contribution in [2.24, 2.45) is 0 Å². The molecular formula is C8H14N2. The van der Waals surface area contributed by atoms with Gasteiger partial charge in [0.2, 0.25) is 0 Å². The first-order valence-electron chi connectivity index (χ1n) is 3.56. The molecule has 0 saturated carbocycles. The highest BCUT2D eigenvalue weighted by molar-refractivity contribution is 4.89. The zero-order valence-electron chi connectivity index (χ0n) is 6.45. The van der Waals surface area contributed by atoms with Gasteiger partial charge < -0.3 is 9.80 Å². The molecule has 0 N–H and O–H groups in total. The molecule has 2 heteroatoms. The van der Waals surface area contributed by atoms with Crippen molar-refractivity contribution in [1.29, 1.82) is 0 Å². The van der Waals surface area contributed by atoms with E-state index in [0.717, 1.165) is 19.6 Å². The van der Waals surface area contributed by atoms with E-state index in [1.165, 1.54) is 0 Å². The Morgan fingerprint density at radius 1 is 1.60 bits per heavy atom. The number of hydrogen-bond acceptors (Lipinski definition) is 2. The Bertz CT molecular complexity index is 140. The van der Waals surface area contributed by atoms with E-state index >= 15 is 0 Å². The zero-order valence-corrected chi connectivity index (χ0v) is 6.45. The molecule has 0 unspecified atom stereocenters. The Kier molecular flexibility index (Phi) is 2.37. The molecule has 0 amide bonds. The van der Waals surface area contributed by atoms with Crippen molar-refractivity contribution in [3.8, 4) is 0 Å². The van der Waals surface area contributed by atoms with E-state index in [0.29, 0.717) is 0 Å². The first-order chi connectivity index (χ1) is 4.83. The van der Waals surface area contributed by atoms with Crippen LogP contribution in [0.3, 0.4) is 0 Å². The van der Waals surface area contributed by atoms with Crippen LogP contribution < -0.4 is 0 Å². The molecule has 1 aliphatic rings. The van der Waals surface area contributed by atoms with Crippen LogP contribution in [-0.2, 0) is 0 Å². The van der Waals surface area contributed by atoms with Gasteiger partial charge >= 0.3 is 0 Å². The van der Waals surface area contributed by atoms with Crippen LogP contribution in [0.5, 0.6) is 0 Å². The van der Waals surface area contributed by atoms with Gasteiger partial charge in [-0.3, -0.25) is 0 Å². The standard InChI is InChI=1S/C8H14N2/c1-3-4-5-10-7-6-9(2)8-10/h3,6-7H,1,4-5,8H2,2H3. The van der Waals surface area contributed by atoms with Gasteiger partial charge in [-0.05, 0) is 6.42 Å². The predicted molar refractivity (Wildman–Crippen MR) is 43.3 cm³/mol. The van der Waals surface area contributed by atoms with Crippen LogP contribution >= 0.6 is 0 Å². The van der Waals surface area contributed by atoms with Crippen molar-refractivity contribution < 1.29 is 0 Å². The van der Waals surface area contributed by atoms with Crippen molar-refractivity contribution in [3.63, 3.8) is 0 Å². The van der Waals surface area contributed by atoms with E-state index in [1.54, 1.807) is 0 Å². The smallest absolute Gasteiger partial charge is 0.0890 e. The molecule has 0 atom stereocenters. The monoisotopic (exact) mass is 138 g/mol. The van der Waals surface area contributed by atoms with Crippen LogP contribution in [0.4, 0.5) is 0 Å². The average molecular weight is 138 g/mol. The second kappa shape index (κ2) is 3.30. The Morgan fingerprint density at radius 3 is 2.90 bits per heavy atom. The van der Waals surface area contributed by atoms with Crippen molar-refractivity contribution in [2.45, 2.75) is 6.42 Å². The fourth-order valence-electron chi connectivity index (χ4n) is 0.991. The van der Waals surface area contributed by atoms with Gasteiger partial charge in [0.25, 0.3) is 0 Å². The lowest BCUT2D eigenvalue weighted by Gasteiger charge is -2.16. The van der Waals surface area contributed by atoms with Crippen molar-refractivity contribution >= 4 is 0 Å². The van der Waals surface area contributed by atoms with Gasteiger partial charge in [0.15, 0.2) is 0 Å². The second-order valence-electron chi connectivity index (χ2n) is 2.59. The lowest BCUT2D eigenvalue weighted by Crippen LogP contribution is -2.22. The van der Waals surface area contributed by atoms with E-state index < -0.39 is 0 Å². The van der Waals surface area contributed by atoms with Gasteiger partial charge in [0, 0.05) is 26.0 Å². The van der Waals surface area contributed by atoms with Crippen LogP contribution in [0.25, 0.3) is 0 Å². The maximum atomic E-state index is 3.68. The van der Waals surface area contributed by atoms with Crippen LogP contribution in [0.15, 0.2) is 25.1 Å². The SMILES string of the molecule is C=CCCN1C=CN(C)C1. The number of hydrogen-bond donors (Lipinski definition) is 0. The average Bonchev–Trinajstić information content (AvgIpc) is 2.31. The van der Waals surface area contributed by atoms with Gasteiger partial charge in [-0.15, -0.1) is 6.58 Å². The summed E-state index contributed by atoms with van der Waals surface area (Å²) >= 11 is 0. The molecule has 0 spiro atoms. The van der Waals surface area contributed by atoms with Crippen molar-refractivity contribution in [1.82, 2.24) is 9.80 Å². The predicted octanol–water partition coefficient (Wildman–Crippen LogP) is 1.24. The highest BCUT2D eigenvalue weighted by Gasteiger charge is 2.05. The highest BCUT2D eigenvalue weighted by Crippen LogP contribution is 2.03. The van der Waals surface area contributed by atoms with Gasteiger partial charge in [-0.25, -0.2) is 0 Å². The summed E-state index contributed by atoms with van der Waals surface area (Å²) < 4.78 is 0. The molecule has 0 fully saturated rings. The molecule has 0 aliphatic carbocycles. The Morgan fingerprint density at radius 2 is 2.40 bits per heavy atom. The molecule has 0 aromatic heterocycles. The minimum atomic E-state index is 1.02. The van der Waals surface area contributed by atoms with E-state index in [9.17, 15) is 0 Å². The molecule has 0 aromatic carbocycles. The van der Waals surface area contributed by atoms with E-state index in [-0.39, 0.29) is 0 Å². The molecule has 1 heterocycles. The molecule has 0 saturated heterocycles. The van der Waals surface area contributed by atoms with E-state index in [1.807, 2.05) is 6.08 Å². The molecular weight excluding hydrogens is 124 g/mol. The Labute approximate surface area is 62.4 Å². The lowest BCUT2D eigenvalue weighted by atomic mass is 10.4. The van der Waals surface area contributed by atoms with Crippen molar-refractivity contribution in [3.05, 3.63) is 25.1 Å². The maximum absolute atomic E-state index is 3.68. The largest absolute Gasteiger partial charge is 0.362 e. The van der Waals surface area contributed by atoms with Crippen LogP contribution in [0.2, 0.25) is 0 Å². The number of rotatable bonds is 3. The fourth-order valence-corrected chi connectivity index (χ4v) is 0.991. The minimum Gasteiger partial charge on any atom is -0.362 e. The second-order valence-corrected chi connectivity index (χ2v) is 2.59. The molecule has 1 aliphatic heterocycles. The molecule has 0 radical (unpaired) electrons. The summed E-state index contributed by atoms with van der Waals surface area (Å²) in [6.07, 6.45) is 7.22. The molecule has 2 nitrogen and oxygen atoms in total. The lowest BCUT2D eigenvalue weighted by molar-refractivity contribution is 0.301. The van der Waals surface area contributed by atoms with Gasteiger partial charge in [0.05, 0.1) is 6.67 Å². The third kappa shape index (κ3) is 1.79. The summed E-state index contributed by atoms with van der Waals surface area (Å²) in [5, 5.41) is 0. The van der Waals surface area contributed by atoms with Gasteiger partial charge in [-0.2, -0.15) is 0 Å². The normalized spacial score (nSPS) is 16.5. The molecule has 0 bridgehead atoms. The van der Waals surface area contributed by atoms with Crippen LogP contribution in [0, 0.1) is 0 Å². The third-order valence-electron chi connectivity index (χ3n) is 1.56. The summed E-state index contributed by atoms with van der Waals surface area (Å²) in [6, 6.07) is 0. The highest BCUT2D eigenvalue weighted by atomic mass is 15.3. The zero-order chi connectivity index (χ0) is 7.40. The first-order valence-corrected chi connectivity index (χ1v) is 3.56. The fraction of sp³-hybridized carbons (Fsp3) is 0.500. The van der Waals surface area contributed by atoms with E-state index in [4.69, 9.17) is 0 Å². The molecule has 10 heavy (non-hydrogen) atoms. The van der Waals surface area contributed by atoms with Crippen LogP contribution in [-0.4, -0.2) is 30.1 Å². The molecule has 0 aromatic rings. The summed E-state index contributed by atoms with van der Waals surface area (Å²) in [5.41, 5.74) is 0. The minimum absolute atomic E-state index is 1.02. The van der Waals surface area contributed by atoms with E-state index in [2.05, 4.69) is 35.8 Å². The Hall–Kier alpha value is -0.920.